The number of nitrogens with one attached hydrogen (secondary N) is 1. The Kier molecular flexibility index (Phi) is 6.32. The molecule has 1 heterocycles. The number of esters is 1. The van der Waals surface area contributed by atoms with E-state index in [0.29, 0.717) is 42.7 Å². The molecule has 0 unspecified atom stereocenters. The molecule has 0 aliphatic carbocycles. The minimum atomic E-state index is -0.491. The first-order valence-electron chi connectivity index (χ1n) is 9.75. The van der Waals surface area contributed by atoms with Gasteiger partial charge in [-0.1, -0.05) is 18.2 Å². The van der Waals surface area contributed by atoms with Gasteiger partial charge in [-0.15, -0.1) is 0 Å². The molecule has 2 aromatic rings. The lowest BCUT2D eigenvalue weighted by molar-refractivity contribution is -0.121. The Hall–Kier alpha value is -3.15. The first kappa shape index (κ1) is 20.6. The van der Waals surface area contributed by atoms with Crippen LogP contribution in [0.1, 0.15) is 44.7 Å². The standard InChI is InChI=1S/C23H26N2O4/c1-15-8-9-18(14-16(15)2)22(27)25-12-10-17(11-13-25)21(26)24-20-7-5-4-6-19(20)23(28)29-3/h4-9,14,17H,10-13H2,1-3H3,(H,24,26). The van der Waals surface area contributed by atoms with Crippen LogP contribution in [0.5, 0.6) is 0 Å². The average Bonchev–Trinajstić information content (AvgIpc) is 2.75. The highest BCUT2D eigenvalue weighted by molar-refractivity contribution is 6.02. The van der Waals surface area contributed by atoms with Gasteiger partial charge in [0, 0.05) is 24.6 Å². The fraction of sp³-hybridized carbons (Fsp3) is 0.348. The molecular formula is C23H26N2O4. The highest BCUT2D eigenvalue weighted by Crippen LogP contribution is 2.23. The van der Waals surface area contributed by atoms with Gasteiger partial charge in [0.15, 0.2) is 0 Å². The Bertz CT molecular complexity index is 930. The van der Waals surface area contributed by atoms with E-state index >= 15 is 0 Å². The quantitative estimate of drug-likeness (QED) is 0.805. The molecule has 6 nitrogen and oxygen atoms in total. The minimum absolute atomic E-state index is 0.00277. The van der Waals surface area contributed by atoms with Crippen LogP contribution in [0.4, 0.5) is 5.69 Å². The third-order valence-corrected chi connectivity index (χ3v) is 5.50. The summed E-state index contributed by atoms with van der Waals surface area (Å²) in [5, 5.41) is 2.84. The van der Waals surface area contributed by atoms with Gasteiger partial charge >= 0.3 is 5.97 Å². The van der Waals surface area contributed by atoms with Crippen molar-refractivity contribution in [1.29, 1.82) is 0 Å². The normalized spacial score (nSPS) is 14.4. The van der Waals surface area contributed by atoms with E-state index in [2.05, 4.69) is 5.32 Å². The fourth-order valence-corrected chi connectivity index (χ4v) is 3.52. The molecule has 29 heavy (non-hydrogen) atoms. The number of amides is 2. The lowest BCUT2D eigenvalue weighted by Gasteiger charge is -2.31. The van der Waals surface area contributed by atoms with Gasteiger partial charge in [-0.2, -0.15) is 0 Å². The molecule has 0 atom stereocenters. The number of likely N-dealkylation sites (tertiary alicyclic amines) is 1. The largest absolute Gasteiger partial charge is 0.465 e. The summed E-state index contributed by atoms with van der Waals surface area (Å²) in [4.78, 5) is 39.1. The van der Waals surface area contributed by atoms with Crippen LogP contribution in [0, 0.1) is 19.8 Å². The highest BCUT2D eigenvalue weighted by Gasteiger charge is 2.28. The maximum atomic E-state index is 12.8. The number of nitrogens with zero attached hydrogens (tertiary/aromatic N) is 1. The van der Waals surface area contributed by atoms with Gasteiger partial charge in [0.2, 0.25) is 5.91 Å². The molecule has 1 N–H and O–H groups in total. The molecule has 6 heteroatoms. The summed E-state index contributed by atoms with van der Waals surface area (Å²) in [6, 6.07) is 12.5. The molecule has 0 aromatic heterocycles. The highest BCUT2D eigenvalue weighted by atomic mass is 16.5. The van der Waals surface area contributed by atoms with Crippen LogP contribution in [0.3, 0.4) is 0 Å². The third kappa shape index (κ3) is 4.65. The number of hydrogen-bond donors (Lipinski definition) is 1. The Balaban J connectivity index is 1.61. The molecule has 1 fully saturated rings. The van der Waals surface area contributed by atoms with Crippen LogP contribution in [-0.4, -0.2) is 42.9 Å². The summed E-state index contributed by atoms with van der Waals surface area (Å²) in [6.45, 7) is 5.08. The number of rotatable bonds is 4. The van der Waals surface area contributed by atoms with E-state index in [4.69, 9.17) is 4.74 Å². The van der Waals surface area contributed by atoms with Gasteiger partial charge in [0.25, 0.3) is 5.91 Å². The van der Waals surface area contributed by atoms with E-state index in [1.165, 1.54) is 7.11 Å². The lowest BCUT2D eigenvalue weighted by Crippen LogP contribution is -2.41. The fourth-order valence-electron chi connectivity index (χ4n) is 3.52. The molecule has 0 spiro atoms. The van der Waals surface area contributed by atoms with Crippen LogP contribution in [0.25, 0.3) is 0 Å². The van der Waals surface area contributed by atoms with Crippen LogP contribution < -0.4 is 5.32 Å². The number of benzene rings is 2. The number of carbonyl (C=O) groups excluding carboxylic acids is 3. The zero-order valence-electron chi connectivity index (χ0n) is 17.0. The average molecular weight is 394 g/mol. The van der Waals surface area contributed by atoms with E-state index in [1.54, 1.807) is 29.2 Å². The predicted molar refractivity (Wildman–Crippen MR) is 111 cm³/mol. The third-order valence-electron chi connectivity index (χ3n) is 5.50. The molecule has 1 aliphatic rings. The van der Waals surface area contributed by atoms with Crippen molar-refractivity contribution >= 4 is 23.5 Å². The molecule has 1 aliphatic heterocycles. The Morgan fingerprint density at radius 1 is 1.00 bits per heavy atom. The van der Waals surface area contributed by atoms with Crippen LogP contribution in [0.15, 0.2) is 42.5 Å². The molecule has 2 amide bonds. The summed E-state index contributed by atoms with van der Waals surface area (Å²) < 4.78 is 4.77. The topological polar surface area (TPSA) is 75.7 Å². The van der Waals surface area contributed by atoms with Crippen molar-refractivity contribution in [2.24, 2.45) is 5.92 Å². The monoisotopic (exact) mass is 394 g/mol. The zero-order valence-corrected chi connectivity index (χ0v) is 17.0. The number of anilines is 1. The summed E-state index contributed by atoms with van der Waals surface area (Å²) in [5.41, 5.74) is 3.70. The van der Waals surface area contributed by atoms with Crippen molar-refractivity contribution in [2.75, 3.05) is 25.5 Å². The summed E-state index contributed by atoms with van der Waals surface area (Å²) in [5.74, 6) is -0.832. The van der Waals surface area contributed by atoms with E-state index in [9.17, 15) is 14.4 Å². The number of carbonyl (C=O) groups is 3. The van der Waals surface area contributed by atoms with Crippen molar-refractivity contribution in [1.82, 2.24) is 4.90 Å². The Morgan fingerprint density at radius 2 is 1.69 bits per heavy atom. The predicted octanol–water partition coefficient (Wildman–Crippen LogP) is 3.58. The molecule has 3 rings (SSSR count). The molecule has 1 saturated heterocycles. The van der Waals surface area contributed by atoms with Gasteiger partial charge < -0.3 is 15.0 Å². The van der Waals surface area contributed by atoms with Crippen molar-refractivity contribution in [3.8, 4) is 0 Å². The summed E-state index contributed by atoms with van der Waals surface area (Å²) >= 11 is 0. The molecule has 0 bridgehead atoms. The molecule has 0 radical (unpaired) electrons. The van der Waals surface area contributed by atoms with E-state index in [0.717, 1.165) is 11.1 Å². The number of ether oxygens (including phenoxy) is 1. The molecular weight excluding hydrogens is 368 g/mol. The minimum Gasteiger partial charge on any atom is -0.465 e. The second kappa shape index (κ2) is 8.90. The van der Waals surface area contributed by atoms with E-state index in [-0.39, 0.29) is 17.7 Å². The maximum Gasteiger partial charge on any atom is 0.339 e. The molecule has 152 valence electrons. The molecule has 2 aromatic carbocycles. The number of para-hydroxylation sites is 1. The maximum absolute atomic E-state index is 12.8. The Labute approximate surface area is 170 Å². The van der Waals surface area contributed by atoms with Gasteiger partial charge in [0.1, 0.15) is 0 Å². The zero-order chi connectivity index (χ0) is 21.0. The summed E-state index contributed by atoms with van der Waals surface area (Å²) in [6.07, 6.45) is 1.17. The number of hydrogen-bond acceptors (Lipinski definition) is 4. The van der Waals surface area contributed by atoms with Crippen LogP contribution >= 0.6 is 0 Å². The van der Waals surface area contributed by atoms with E-state index in [1.807, 2.05) is 32.0 Å². The molecule has 0 saturated carbocycles. The van der Waals surface area contributed by atoms with Gasteiger partial charge in [-0.25, -0.2) is 4.79 Å². The SMILES string of the molecule is COC(=O)c1ccccc1NC(=O)C1CCN(C(=O)c2ccc(C)c(C)c2)CC1. The first-order chi connectivity index (χ1) is 13.9. The van der Waals surface area contributed by atoms with Gasteiger partial charge in [-0.3, -0.25) is 9.59 Å². The lowest BCUT2D eigenvalue weighted by atomic mass is 9.95. The second-order valence-electron chi connectivity index (χ2n) is 7.39. The number of piperidine rings is 1. The van der Waals surface area contributed by atoms with Crippen molar-refractivity contribution in [3.63, 3.8) is 0 Å². The van der Waals surface area contributed by atoms with Gasteiger partial charge in [0.05, 0.1) is 18.4 Å². The second-order valence-corrected chi connectivity index (χ2v) is 7.39. The summed E-state index contributed by atoms with van der Waals surface area (Å²) in [7, 11) is 1.31. The van der Waals surface area contributed by atoms with Crippen LogP contribution in [0.2, 0.25) is 0 Å². The number of aryl methyl sites for hydroxylation is 2. The first-order valence-corrected chi connectivity index (χ1v) is 9.75. The van der Waals surface area contributed by atoms with Crippen molar-refractivity contribution in [2.45, 2.75) is 26.7 Å². The Morgan fingerprint density at radius 3 is 2.34 bits per heavy atom. The smallest absolute Gasteiger partial charge is 0.339 e. The number of methoxy groups -OCH3 is 1. The van der Waals surface area contributed by atoms with Crippen LogP contribution in [-0.2, 0) is 9.53 Å². The van der Waals surface area contributed by atoms with Crippen molar-refractivity contribution < 1.29 is 19.1 Å². The van der Waals surface area contributed by atoms with Crippen molar-refractivity contribution in [3.05, 3.63) is 64.7 Å². The van der Waals surface area contributed by atoms with Gasteiger partial charge in [-0.05, 0) is 62.1 Å². The van der Waals surface area contributed by atoms with E-state index < -0.39 is 5.97 Å².